The van der Waals surface area contributed by atoms with Crippen LogP contribution in [0.5, 0.6) is 0 Å². The van der Waals surface area contributed by atoms with Gasteiger partial charge in [-0.2, -0.15) is 0 Å². The van der Waals surface area contributed by atoms with Gasteiger partial charge in [-0.3, -0.25) is 9.59 Å². The number of carbonyl (C=O) groups is 2. The molecule has 0 atom stereocenters. The second-order valence-electron chi connectivity index (χ2n) is 4.41. The molecule has 0 spiro atoms. The van der Waals surface area contributed by atoms with Crippen LogP contribution < -0.4 is 5.32 Å². The molecule has 2 rings (SSSR count). The van der Waals surface area contributed by atoms with Crippen LogP contribution in [-0.2, 0) is 4.79 Å². The Bertz CT molecular complexity index is 430. The van der Waals surface area contributed by atoms with E-state index in [-0.39, 0.29) is 11.7 Å². The molecule has 1 aromatic rings. The van der Waals surface area contributed by atoms with Gasteiger partial charge >= 0.3 is 0 Å². The number of ketones is 1. The molecular weight excluding hydrogens is 260 g/mol. The highest BCUT2D eigenvalue weighted by Gasteiger charge is 2.16. The number of hydrogen-bond donors (Lipinski definition) is 1. The van der Waals surface area contributed by atoms with Crippen molar-refractivity contribution in [1.29, 1.82) is 0 Å². The van der Waals surface area contributed by atoms with E-state index in [1.807, 2.05) is 23.1 Å². The predicted molar refractivity (Wildman–Crippen MR) is 77.5 cm³/mol. The number of amides is 1. The van der Waals surface area contributed by atoms with E-state index in [4.69, 9.17) is 0 Å². The van der Waals surface area contributed by atoms with E-state index in [9.17, 15) is 9.59 Å². The summed E-state index contributed by atoms with van der Waals surface area (Å²) in [6.45, 7) is 3.26. The minimum Gasteiger partial charge on any atom is -0.339 e. The molecule has 1 N–H and O–H groups in total. The fourth-order valence-electron chi connectivity index (χ4n) is 1.94. The van der Waals surface area contributed by atoms with Gasteiger partial charge in [-0.05, 0) is 0 Å². The average molecular weight is 278 g/mol. The Balaban J connectivity index is 1.71. The van der Waals surface area contributed by atoms with Crippen LogP contribution in [0.25, 0.3) is 0 Å². The normalized spacial score (nSPS) is 15.3. The van der Waals surface area contributed by atoms with Gasteiger partial charge in [-0.15, -0.1) is 11.8 Å². The maximum atomic E-state index is 11.9. The molecule has 5 heteroatoms. The molecule has 0 aromatic heterocycles. The van der Waals surface area contributed by atoms with Gasteiger partial charge < -0.3 is 10.2 Å². The van der Waals surface area contributed by atoms with E-state index >= 15 is 0 Å². The molecule has 0 bridgehead atoms. The van der Waals surface area contributed by atoms with E-state index in [2.05, 4.69) is 5.32 Å². The summed E-state index contributed by atoms with van der Waals surface area (Å²) in [4.78, 5) is 25.6. The fraction of sp³-hybridized carbons (Fsp3) is 0.429. The van der Waals surface area contributed by atoms with E-state index < -0.39 is 0 Å². The number of piperazine rings is 1. The van der Waals surface area contributed by atoms with E-state index in [1.54, 1.807) is 12.1 Å². The van der Waals surface area contributed by atoms with Gasteiger partial charge in [-0.1, -0.05) is 30.3 Å². The van der Waals surface area contributed by atoms with Crippen LogP contribution in [-0.4, -0.2) is 54.3 Å². The maximum Gasteiger partial charge on any atom is 0.232 e. The van der Waals surface area contributed by atoms with Crippen LogP contribution in [0.2, 0.25) is 0 Å². The molecule has 1 amide bonds. The topological polar surface area (TPSA) is 49.4 Å². The van der Waals surface area contributed by atoms with Crippen LogP contribution in [0.4, 0.5) is 0 Å². The number of nitrogens with zero attached hydrogens (tertiary/aromatic N) is 1. The summed E-state index contributed by atoms with van der Waals surface area (Å²) in [5.41, 5.74) is 0.713. The standard InChI is InChI=1S/C14H18N2O2S/c17-13(12-4-2-1-3-5-12)10-19-11-14(18)16-8-6-15-7-9-16/h1-5,15H,6-11H2. The first-order valence-electron chi connectivity index (χ1n) is 6.42. The molecule has 4 nitrogen and oxygen atoms in total. The van der Waals surface area contributed by atoms with E-state index in [0.717, 1.165) is 26.2 Å². The molecule has 1 heterocycles. The average Bonchev–Trinajstić information content (AvgIpc) is 2.49. The molecule has 0 saturated carbocycles. The van der Waals surface area contributed by atoms with Crippen molar-refractivity contribution in [2.24, 2.45) is 0 Å². The van der Waals surface area contributed by atoms with Gasteiger partial charge in [-0.25, -0.2) is 0 Å². The number of benzene rings is 1. The van der Waals surface area contributed by atoms with Crippen LogP contribution in [0.1, 0.15) is 10.4 Å². The first-order chi connectivity index (χ1) is 9.27. The summed E-state index contributed by atoms with van der Waals surface area (Å²) in [6, 6.07) is 9.20. The Labute approximate surface area is 117 Å². The van der Waals surface area contributed by atoms with Crippen molar-refractivity contribution in [2.75, 3.05) is 37.7 Å². The molecule has 1 aromatic carbocycles. The molecule has 0 unspecified atom stereocenters. The van der Waals surface area contributed by atoms with Crippen LogP contribution in [0.3, 0.4) is 0 Å². The highest BCUT2D eigenvalue weighted by molar-refractivity contribution is 8.00. The zero-order valence-electron chi connectivity index (χ0n) is 10.8. The molecular formula is C14H18N2O2S. The Morgan fingerprint density at radius 2 is 1.79 bits per heavy atom. The molecule has 0 radical (unpaired) electrons. The zero-order valence-corrected chi connectivity index (χ0v) is 11.6. The third-order valence-electron chi connectivity index (χ3n) is 3.02. The van der Waals surface area contributed by atoms with E-state index in [0.29, 0.717) is 17.1 Å². The lowest BCUT2D eigenvalue weighted by Crippen LogP contribution is -2.47. The van der Waals surface area contributed by atoms with Gasteiger partial charge in [0.2, 0.25) is 5.91 Å². The monoisotopic (exact) mass is 278 g/mol. The van der Waals surface area contributed by atoms with Gasteiger partial charge in [0.25, 0.3) is 0 Å². The van der Waals surface area contributed by atoms with Crippen molar-refractivity contribution < 1.29 is 9.59 Å². The molecule has 1 aliphatic rings. The Hall–Kier alpha value is -1.33. The number of carbonyl (C=O) groups excluding carboxylic acids is 2. The van der Waals surface area contributed by atoms with Crippen molar-refractivity contribution in [3.63, 3.8) is 0 Å². The quantitative estimate of drug-likeness (QED) is 0.818. The number of thioether (sulfide) groups is 1. The molecule has 1 fully saturated rings. The molecule has 19 heavy (non-hydrogen) atoms. The minimum atomic E-state index is 0.0821. The number of rotatable bonds is 5. The third-order valence-corrected chi connectivity index (χ3v) is 3.94. The first kappa shape index (κ1) is 14.1. The summed E-state index contributed by atoms with van der Waals surface area (Å²) < 4.78 is 0. The third kappa shape index (κ3) is 4.36. The molecule has 0 aliphatic carbocycles. The lowest BCUT2D eigenvalue weighted by atomic mass is 10.2. The largest absolute Gasteiger partial charge is 0.339 e. The van der Waals surface area contributed by atoms with Crippen molar-refractivity contribution in [3.05, 3.63) is 35.9 Å². The SMILES string of the molecule is O=C(CSCC(=O)N1CCNCC1)c1ccccc1. The highest BCUT2D eigenvalue weighted by atomic mass is 32.2. The van der Waals surface area contributed by atoms with Gasteiger partial charge in [0.15, 0.2) is 5.78 Å². The zero-order chi connectivity index (χ0) is 13.5. The lowest BCUT2D eigenvalue weighted by Gasteiger charge is -2.27. The Kier molecular flexibility index (Phi) is 5.42. The maximum absolute atomic E-state index is 11.9. The summed E-state index contributed by atoms with van der Waals surface area (Å²) in [7, 11) is 0. The van der Waals surface area contributed by atoms with Crippen molar-refractivity contribution in [1.82, 2.24) is 10.2 Å². The predicted octanol–water partition coefficient (Wildman–Crippen LogP) is 1.03. The molecule has 1 aliphatic heterocycles. The van der Waals surface area contributed by atoms with Gasteiger partial charge in [0.1, 0.15) is 0 Å². The summed E-state index contributed by atoms with van der Waals surface area (Å²) in [5.74, 6) is 0.964. The lowest BCUT2D eigenvalue weighted by molar-refractivity contribution is -0.128. The fourth-order valence-corrected chi connectivity index (χ4v) is 2.76. The smallest absolute Gasteiger partial charge is 0.232 e. The van der Waals surface area contributed by atoms with Crippen molar-refractivity contribution in [3.8, 4) is 0 Å². The summed E-state index contributed by atoms with van der Waals surface area (Å²) >= 11 is 1.40. The minimum absolute atomic E-state index is 0.0821. The number of nitrogens with one attached hydrogen (secondary N) is 1. The van der Waals surface area contributed by atoms with Crippen molar-refractivity contribution in [2.45, 2.75) is 0 Å². The summed E-state index contributed by atoms with van der Waals surface area (Å²) in [6.07, 6.45) is 0. The van der Waals surface area contributed by atoms with Crippen LogP contribution in [0, 0.1) is 0 Å². The highest BCUT2D eigenvalue weighted by Crippen LogP contribution is 2.08. The van der Waals surface area contributed by atoms with Crippen LogP contribution >= 0.6 is 11.8 Å². The summed E-state index contributed by atoms with van der Waals surface area (Å²) in [5, 5.41) is 3.21. The molecule has 102 valence electrons. The number of Topliss-reactive ketones (excluding diaryl/α,β-unsaturated/α-hetero) is 1. The first-order valence-corrected chi connectivity index (χ1v) is 7.57. The van der Waals surface area contributed by atoms with Crippen molar-refractivity contribution >= 4 is 23.5 Å². The van der Waals surface area contributed by atoms with Gasteiger partial charge in [0.05, 0.1) is 11.5 Å². The second-order valence-corrected chi connectivity index (χ2v) is 5.40. The Morgan fingerprint density at radius 1 is 1.11 bits per heavy atom. The number of hydrogen-bond acceptors (Lipinski definition) is 4. The van der Waals surface area contributed by atoms with Crippen LogP contribution in [0.15, 0.2) is 30.3 Å². The second kappa shape index (κ2) is 7.31. The van der Waals surface area contributed by atoms with Gasteiger partial charge in [0, 0.05) is 31.7 Å². The Morgan fingerprint density at radius 3 is 2.47 bits per heavy atom. The molecule has 1 saturated heterocycles. The van der Waals surface area contributed by atoms with E-state index in [1.165, 1.54) is 11.8 Å².